The standard InChI is InChI=1S/C20H24O/c1-6-14-7-9-16-19(11-14)21-18-10-8-15(13(2)3)12-17(18)20(16,4)5/h7-13H,6H2,1-5H3. The summed E-state index contributed by atoms with van der Waals surface area (Å²) in [6, 6.07) is 13.3. The Kier molecular flexibility index (Phi) is 3.32. The van der Waals surface area contributed by atoms with Crippen molar-refractivity contribution in [3.8, 4) is 11.5 Å². The summed E-state index contributed by atoms with van der Waals surface area (Å²) >= 11 is 0. The van der Waals surface area contributed by atoms with E-state index in [4.69, 9.17) is 4.74 Å². The highest BCUT2D eigenvalue weighted by molar-refractivity contribution is 5.58. The van der Waals surface area contributed by atoms with Gasteiger partial charge in [-0.1, -0.05) is 58.9 Å². The van der Waals surface area contributed by atoms with Crippen molar-refractivity contribution in [2.45, 2.75) is 52.4 Å². The van der Waals surface area contributed by atoms with Crippen LogP contribution >= 0.6 is 0 Å². The van der Waals surface area contributed by atoms with Gasteiger partial charge in [0.25, 0.3) is 0 Å². The molecule has 110 valence electrons. The Morgan fingerprint density at radius 3 is 2.38 bits per heavy atom. The van der Waals surface area contributed by atoms with Gasteiger partial charge >= 0.3 is 0 Å². The van der Waals surface area contributed by atoms with Crippen LogP contribution in [0.5, 0.6) is 11.5 Å². The minimum atomic E-state index is -0.0138. The van der Waals surface area contributed by atoms with E-state index >= 15 is 0 Å². The van der Waals surface area contributed by atoms with Gasteiger partial charge in [0, 0.05) is 16.5 Å². The van der Waals surface area contributed by atoms with Crippen molar-refractivity contribution in [1.82, 2.24) is 0 Å². The first kappa shape index (κ1) is 14.2. The minimum absolute atomic E-state index is 0.0138. The Balaban J connectivity index is 2.16. The van der Waals surface area contributed by atoms with Gasteiger partial charge in [0.05, 0.1) is 0 Å². The number of aryl methyl sites for hydroxylation is 1. The second kappa shape index (κ2) is 4.91. The van der Waals surface area contributed by atoms with Gasteiger partial charge in [0.2, 0.25) is 0 Å². The van der Waals surface area contributed by atoms with Crippen LogP contribution < -0.4 is 4.74 Å². The Hall–Kier alpha value is -1.76. The van der Waals surface area contributed by atoms with Crippen LogP contribution in [-0.2, 0) is 11.8 Å². The molecule has 0 fully saturated rings. The highest BCUT2D eigenvalue weighted by Gasteiger charge is 2.34. The number of fused-ring (bicyclic) bond motifs is 2. The molecule has 0 unspecified atom stereocenters. The third-order valence-corrected chi connectivity index (χ3v) is 4.69. The molecule has 1 aliphatic rings. The molecule has 0 aromatic heterocycles. The fourth-order valence-corrected chi connectivity index (χ4v) is 3.14. The third kappa shape index (κ3) is 2.25. The smallest absolute Gasteiger partial charge is 0.131 e. The average molecular weight is 280 g/mol. The van der Waals surface area contributed by atoms with E-state index in [1.807, 2.05) is 0 Å². The van der Waals surface area contributed by atoms with Crippen molar-refractivity contribution < 1.29 is 4.74 Å². The fourth-order valence-electron chi connectivity index (χ4n) is 3.14. The van der Waals surface area contributed by atoms with Crippen molar-refractivity contribution >= 4 is 0 Å². The maximum absolute atomic E-state index is 6.19. The summed E-state index contributed by atoms with van der Waals surface area (Å²) in [5, 5.41) is 0. The predicted octanol–water partition coefficient (Wildman–Crippen LogP) is 5.80. The maximum atomic E-state index is 6.19. The number of ether oxygens (including phenoxy) is 1. The van der Waals surface area contributed by atoms with Crippen LogP contribution in [0.15, 0.2) is 36.4 Å². The highest BCUT2D eigenvalue weighted by atomic mass is 16.5. The predicted molar refractivity (Wildman–Crippen MR) is 88.6 cm³/mol. The summed E-state index contributed by atoms with van der Waals surface area (Å²) in [7, 11) is 0. The summed E-state index contributed by atoms with van der Waals surface area (Å²) in [6.45, 7) is 11.2. The molecule has 0 amide bonds. The molecular weight excluding hydrogens is 256 g/mol. The molecule has 1 heteroatoms. The van der Waals surface area contributed by atoms with Crippen molar-refractivity contribution in [2.24, 2.45) is 0 Å². The summed E-state index contributed by atoms with van der Waals surface area (Å²) in [4.78, 5) is 0. The van der Waals surface area contributed by atoms with Gasteiger partial charge in [-0.05, 0) is 35.6 Å². The molecule has 3 rings (SSSR count). The molecular formula is C20H24O. The first-order valence-corrected chi connectivity index (χ1v) is 7.89. The lowest BCUT2D eigenvalue weighted by Crippen LogP contribution is -2.24. The summed E-state index contributed by atoms with van der Waals surface area (Å²) < 4.78 is 6.19. The monoisotopic (exact) mass is 280 g/mol. The quantitative estimate of drug-likeness (QED) is 0.675. The number of benzene rings is 2. The largest absolute Gasteiger partial charge is 0.457 e. The fraction of sp³-hybridized carbons (Fsp3) is 0.400. The summed E-state index contributed by atoms with van der Waals surface area (Å²) in [5.74, 6) is 2.56. The number of hydrogen-bond acceptors (Lipinski definition) is 1. The molecule has 0 atom stereocenters. The van der Waals surface area contributed by atoms with E-state index in [9.17, 15) is 0 Å². The zero-order valence-electron chi connectivity index (χ0n) is 13.7. The van der Waals surface area contributed by atoms with Crippen LogP contribution in [0, 0.1) is 0 Å². The second-order valence-electron chi connectivity index (χ2n) is 6.82. The van der Waals surface area contributed by atoms with Crippen LogP contribution in [0.4, 0.5) is 0 Å². The van der Waals surface area contributed by atoms with E-state index in [1.165, 1.54) is 22.3 Å². The average Bonchev–Trinajstić information content (AvgIpc) is 2.46. The molecule has 1 aliphatic heterocycles. The van der Waals surface area contributed by atoms with Crippen LogP contribution in [0.3, 0.4) is 0 Å². The molecule has 2 aromatic carbocycles. The molecule has 2 aromatic rings. The molecule has 1 heterocycles. The SMILES string of the molecule is CCc1ccc2c(c1)Oc1ccc(C(C)C)cc1C2(C)C. The number of rotatable bonds is 2. The zero-order valence-corrected chi connectivity index (χ0v) is 13.7. The van der Waals surface area contributed by atoms with E-state index in [0.29, 0.717) is 5.92 Å². The van der Waals surface area contributed by atoms with Crippen LogP contribution in [-0.4, -0.2) is 0 Å². The maximum Gasteiger partial charge on any atom is 0.131 e. The lowest BCUT2D eigenvalue weighted by molar-refractivity contribution is 0.417. The molecule has 0 spiro atoms. The van der Waals surface area contributed by atoms with Crippen molar-refractivity contribution in [3.05, 3.63) is 58.7 Å². The Morgan fingerprint density at radius 2 is 1.71 bits per heavy atom. The molecule has 21 heavy (non-hydrogen) atoms. The van der Waals surface area contributed by atoms with Crippen molar-refractivity contribution in [1.29, 1.82) is 0 Å². The van der Waals surface area contributed by atoms with Gasteiger partial charge in [0.15, 0.2) is 0 Å². The van der Waals surface area contributed by atoms with Crippen molar-refractivity contribution in [3.63, 3.8) is 0 Å². The van der Waals surface area contributed by atoms with E-state index in [1.54, 1.807) is 0 Å². The Bertz CT molecular complexity index is 680. The Morgan fingerprint density at radius 1 is 0.952 bits per heavy atom. The highest BCUT2D eigenvalue weighted by Crippen LogP contribution is 2.48. The van der Waals surface area contributed by atoms with Gasteiger partial charge in [0.1, 0.15) is 11.5 Å². The van der Waals surface area contributed by atoms with Gasteiger partial charge in [-0.15, -0.1) is 0 Å². The van der Waals surface area contributed by atoms with E-state index < -0.39 is 0 Å². The minimum Gasteiger partial charge on any atom is -0.457 e. The van der Waals surface area contributed by atoms with Gasteiger partial charge < -0.3 is 4.74 Å². The lowest BCUT2D eigenvalue weighted by Gasteiger charge is -2.35. The normalized spacial score (nSPS) is 15.3. The van der Waals surface area contributed by atoms with E-state index in [2.05, 4.69) is 71.0 Å². The molecule has 0 saturated heterocycles. The molecule has 1 nitrogen and oxygen atoms in total. The zero-order chi connectivity index (χ0) is 15.2. The third-order valence-electron chi connectivity index (χ3n) is 4.69. The summed E-state index contributed by atoms with van der Waals surface area (Å²) in [5.41, 5.74) is 5.27. The van der Waals surface area contributed by atoms with Gasteiger partial charge in [-0.2, -0.15) is 0 Å². The molecule has 0 saturated carbocycles. The summed E-state index contributed by atoms with van der Waals surface area (Å²) in [6.07, 6.45) is 1.04. The van der Waals surface area contributed by atoms with Gasteiger partial charge in [-0.3, -0.25) is 0 Å². The lowest BCUT2D eigenvalue weighted by atomic mass is 9.74. The first-order valence-electron chi connectivity index (χ1n) is 7.89. The van der Waals surface area contributed by atoms with E-state index in [-0.39, 0.29) is 5.41 Å². The molecule has 0 bridgehead atoms. The Labute approximate surface area is 128 Å². The van der Waals surface area contributed by atoms with Gasteiger partial charge in [-0.25, -0.2) is 0 Å². The number of hydrogen-bond donors (Lipinski definition) is 0. The van der Waals surface area contributed by atoms with Crippen LogP contribution in [0.1, 0.15) is 62.8 Å². The van der Waals surface area contributed by atoms with Crippen LogP contribution in [0.25, 0.3) is 0 Å². The topological polar surface area (TPSA) is 9.23 Å². The second-order valence-corrected chi connectivity index (χ2v) is 6.82. The van der Waals surface area contributed by atoms with E-state index in [0.717, 1.165) is 17.9 Å². The molecule has 0 radical (unpaired) electrons. The molecule has 0 aliphatic carbocycles. The molecule has 0 N–H and O–H groups in total. The van der Waals surface area contributed by atoms with Crippen LogP contribution in [0.2, 0.25) is 0 Å². The van der Waals surface area contributed by atoms with Crippen molar-refractivity contribution in [2.75, 3.05) is 0 Å². The first-order chi connectivity index (χ1) is 9.93.